The number of rotatable bonds is 22. The number of aryl methyl sites for hydroxylation is 2. The molecule has 15 rings (SSSR count). The molecule has 41 heteroatoms. The lowest BCUT2D eigenvalue weighted by Gasteiger charge is -2.28. The van der Waals surface area contributed by atoms with Crippen LogP contribution >= 0.6 is 23.2 Å². The van der Waals surface area contributed by atoms with Gasteiger partial charge in [-0.3, -0.25) is 19.2 Å². The summed E-state index contributed by atoms with van der Waals surface area (Å²) in [5, 5.41) is 40.3. The van der Waals surface area contributed by atoms with Gasteiger partial charge in [0.15, 0.2) is 46.5 Å². The molecule has 5 aromatic heterocycles. The summed E-state index contributed by atoms with van der Waals surface area (Å²) in [6.07, 6.45) is 10.4. The number of imidazole rings is 1. The molecule has 610 valence electrons. The van der Waals surface area contributed by atoms with E-state index in [1.165, 1.54) is 30.6 Å². The minimum Gasteiger partial charge on any atom is -0.506 e. The van der Waals surface area contributed by atoms with Crippen molar-refractivity contribution in [2.75, 3.05) is 191 Å². The summed E-state index contributed by atoms with van der Waals surface area (Å²) in [4.78, 5) is 64.8. The lowest BCUT2D eigenvalue weighted by atomic mass is 10.0. The molecule has 5 aliphatic heterocycles. The molecule has 116 heavy (non-hydrogen) atoms. The molecule has 0 radical (unpaired) electrons. The number of nitro benzene ring substituents is 1. The van der Waals surface area contributed by atoms with Gasteiger partial charge in [-0.05, 0) is 78.7 Å². The number of aromatic hydroxyl groups is 1. The first-order chi connectivity index (χ1) is 56.4. The quantitative estimate of drug-likeness (QED) is 0.0182. The van der Waals surface area contributed by atoms with E-state index in [4.69, 9.17) is 56.4 Å². The normalized spacial score (nSPS) is 15.3. The third-order valence-corrected chi connectivity index (χ3v) is 18.6. The van der Waals surface area contributed by atoms with Crippen LogP contribution < -0.4 is 61.4 Å². The van der Waals surface area contributed by atoms with Crippen molar-refractivity contribution in [2.24, 2.45) is 34.5 Å². The number of fused-ring (bicyclic) bond motifs is 2. The molecule has 5 fully saturated rings. The van der Waals surface area contributed by atoms with Crippen LogP contribution in [0, 0.1) is 33.4 Å². The summed E-state index contributed by atoms with van der Waals surface area (Å²) in [6.45, 7) is 15.9. The first kappa shape index (κ1) is 83.2. The van der Waals surface area contributed by atoms with E-state index in [0.29, 0.717) is 172 Å². The van der Waals surface area contributed by atoms with Crippen LogP contribution in [0.3, 0.4) is 0 Å². The minimum atomic E-state index is -0.522. The zero-order chi connectivity index (χ0) is 81.5. The number of nitro groups is 1. The summed E-state index contributed by atoms with van der Waals surface area (Å²) >= 11 is 11.7. The molecule has 0 saturated carbocycles. The van der Waals surface area contributed by atoms with E-state index in [2.05, 4.69) is 82.0 Å². The average molecular weight is 1640 g/mol. The van der Waals surface area contributed by atoms with Crippen molar-refractivity contribution in [1.29, 1.82) is 0 Å². The monoisotopic (exact) mass is 1640 g/mol. The predicted molar refractivity (Wildman–Crippen MR) is 434 cm³/mol. The minimum absolute atomic E-state index is 0.00140. The highest BCUT2D eigenvalue weighted by Gasteiger charge is 2.25. The van der Waals surface area contributed by atoms with Crippen molar-refractivity contribution in [3.8, 4) is 17.2 Å². The van der Waals surface area contributed by atoms with Crippen LogP contribution in [0.5, 0.6) is 17.2 Å². The fourth-order valence-electron chi connectivity index (χ4n) is 12.4. The molecular weight excluding hydrogens is 1560 g/mol. The molecule has 10 aromatic rings. The van der Waals surface area contributed by atoms with Crippen LogP contribution in [0.2, 0.25) is 10.0 Å². The van der Waals surface area contributed by atoms with Crippen molar-refractivity contribution < 1.29 is 60.7 Å². The van der Waals surface area contributed by atoms with Gasteiger partial charge in [-0.15, -0.1) is 0 Å². The Morgan fingerprint density at radius 2 is 0.914 bits per heavy atom. The molecule has 10 heterocycles. The van der Waals surface area contributed by atoms with E-state index < -0.39 is 28.2 Å². The van der Waals surface area contributed by atoms with Crippen molar-refractivity contribution in [2.45, 2.75) is 13.8 Å². The van der Waals surface area contributed by atoms with Crippen molar-refractivity contribution in [1.82, 2.24) is 49.0 Å². The third-order valence-electron chi connectivity index (χ3n) is 18.1. The Hall–Kier alpha value is -12.3. The number of hydrazone groups is 4. The fourth-order valence-corrected chi connectivity index (χ4v) is 12.9. The van der Waals surface area contributed by atoms with Gasteiger partial charge < -0.3 is 62.8 Å². The number of ether oxygens (including phenoxy) is 7. The Labute approximate surface area is 671 Å². The SMILES string of the molecule is CCOc1ccc2ccc(OCC)c(/C=N/Nc3ncc(F)c(N4CCOCC4)n3)c2c1.Cn1c(=O)n(C)c2cc(/C=N\Nc3ncc(F)c(N4CCOCC4)n3)ccc21.O=[N+]([O-])c1cc(/C=N\Nc2ncc(F)c(N3CCOCC3)n2)ccc1N1CCOCC1.Oc1c(Cl)cc(Cl)cc1/C=N/Nc1ncc(F)c(N2CCOCC2)n1. The molecule has 5 saturated heterocycles. The zero-order valence-electron chi connectivity index (χ0n) is 63.4. The number of phenolic OH excluding ortho intramolecular Hbond substituents is 1. The highest BCUT2D eigenvalue weighted by molar-refractivity contribution is 6.36. The van der Waals surface area contributed by atoms with Gasteiger partial charge in [0.1, 0.15) is 22.9 Å². The summed E-state index contributed by atoms with van der Waals surface area (Å²) in [5.41, 5.74) is 15.4. The number of phenols is 1. The molecule has 0 spiro atoms. The van der Waals surface area contributed by atoms with E-state index in [0.717, 1.165) is 63.5 Å². The second kappa shape index (κ2) is 40.6. The van der Waals surface area contributed by atoms with E-state index >= 15 is 0 Å². The number of anilines is 9. The maximum Gasteiger partial charge on any atom is 0.328 e. The molecule has 0 aliphatic carbocycles. The zero-order valence-corrected chi connectivity index (χ0v) is 64.9. The Morgan fingerprint density at radius 3 is 1.36 bits per heavy atom. The number of benzene rings is 5. The van der Waals surface area contributed by atoms with Crippen LogP contribution in [0.1, 0.15) is 36.1 Å². The van der Waals surface area contributed by atoms with Crippen LogP contribution in [0.4, 0.5) is 76.0 Å². The molecule has 35 nitrogen and oxygen atoms in total. The van der Waals surface area contributed by atoms with Crippen molar-refractivity contribution >= 4 is 128 Å². The number of hydrogen-bond acceptors (Lipinski definition) is 32. The van der Waals surface area contributed by atoms with Gasteiger partial charge >= 0.3 is 5.69 Å². The number of morpholine rings is 5. The highest BCUT2D eigenvalue weighted by Crippen LogP contribution is 2.34. The van der Waals surface area contributed by atoms with Crippen LogP contribution in [-0.2, 0) is 37.8 Å². The predicted octanol–water partition coefficient (Wildman–Crippen LogP) is 9.49. The smallest absolute Gasteiger partial charge is 0.328 e. The Morgan fingerprint density at radius 1 is 0.509 bits per heavy atom. The van der Waals surface area contributed by atoms with E-state index in [1.54, 1.807) is 57.6 Å². The second-order valence-electron chi connectivity index (χ2n) is 25.6. The van der Waals surface area contributed by atoms with Crippen molar-refractivity contribution in [3.05, 3.63) is 180 Å². The van der Waals surface area contributed by atoms with Gasteiger partial charge in [-0.25, -0.2) is 64.0 Å². The summed E-state index contributed by atoms with van der Waals surface area (Å²) in [6, 6.07) is 23.2. The molecule has 0 unspecified atom stereocenters. The largest absolute Gasteiger partial charge is 0.506 e. The van der Waals surface area contributed by atoms with E-state index in [-0.39, 0.29) is 69.2 Å². The maximum absolute atomic E-state index is 14.3. The second-order valence-corrected chi connectivity index (χ2v) is 26.5. The van der Waals surface area contributed by atoms with Crippen molar-refractivity contribution in [3.63, 3.8) is 0 Å². The van der Waals surface area contributed by atoms with Gasteiger partial charge in [-0.1, -0.05) is 47.5 Å². The molecule has 5 N–H and O–H groups in total. The first-order valence-electron chi connectivity index (χ1n) is 36.7. The number of halogens is 6. The Kier molecular flexibility index (Phi) is 29.1. The molecular formula is C75H82Cl2F4N24O11. The van der Waals surface area contributed by atoms with Gasteiger partial charge in [0.05, 0.1) is 150 Å². The summed E-state index contributed by atoms with van der Waals surface area (Å²) < 4.78 is 97.4. The lowest BCUT2D eigenvalue weighted by molar-refractivity contribution is -0.384. The van der Waals surface area contributed by atoms with Gasteiger partial charge in [0, 0.05) is 107 Å². The fraction of sp³-hybridized carbons (Fsp3) is 0.347. The molecule has 5 aliphatic rings. The topological polar surface area (TPSA) is 372 Å². The van der Waals surface area contributed by atoms with Crippen LogP contribution in [-0.4, -0.2) is 229 Å². The average Bonchev–Trinajstić information content (AvgIpc) is 1.55. The molecule has 0 amide bonds. The molecule has 5 aromatic carbocycles. The lowest BCUT2D eigenvalue weighted by Crippen LogP contribution is -2.37. The van der Waals surface area contributed by atoms with Gasteiger partial charge in [-0.2, -0.15) is 40.3 Å². The molecule has 0 atom stereocenters. The van der Waals surface area contributed by atoms with Crippen LogP contribution in [0.15, 0.2) is 129 Å². The number of nitrogens with one attached hydrogen (secondary N) is 4. The summed E-state index contributed by atoms with van der Waals surface area (Å²) in [5.74, 6) is 0.818. The number of aromatic nitrogens is 10. The highest BCUT2D eigenvalue weighted by atomic mass is 35.5. The van der Waals surface area contributed by atoms with E-state index in [1.807, 2.05) is 77.1 Å². The number of nitrogens with zero attached hydrogens (tertiary/aromatic N) is 20. The Bertz CT molecular complexity index is 5230. The standard InChI is InChI=1S/C23H26FN5O3.C19H22FN7O4.C18H20FN7O2.C15H14Cl2FN5O2/c1-3-31-17-7-5-16-6-8-21(32-4-2)19(18(16)13-17)14-26-28-23-25-15-20(24)22(27-23)29-9-11-30-12-10-29;20-15-13-21-19(23-18(15)26-5-9-31-10-6-26)24-22-12-14-1-2-16(17(11-14)27(28)29)25-3-7-30-8-4-25;1-24-14-4-3-12(9-15(14)25(2)18(24)27)10-21-23-17-20-11-13(19)16(22-17)26-5-7-28-8-6-26;16-10-5-9(13(24)11(17)6-10)7-20-22-15-19-8-12(18)14(21-15)23-1-3-25-4-2-23/h5-8,13-15H,3-4,9-12H2,1-2H3,(H,25,27,28);1-2,11-13H,3-10H2,(H,21,23,24);3-4,9-11H,5-8H2,1-2H3,(H,20,22,23);5-8,24H,1-4H2,(H,19,21,22)/b26-14+;22-12-;21-10-;20-7+. The van der Waals surface area contributed by atoms with Gasteiger partial charge in [0.25, 0.3) is 5.69 Å². The first-order valence-corrected chi connectivity index (χ1v) is 37.5. The van der Waals surface area contributed by atoms with E-state index in [9.17, 15) is 37.6 Å². The Balaban J connectivity index is 0.000000143. The summed E-state index contributed by atoms with van der Waals surface area (Å²) in [7, 11) is 3.46. The number of hydrogen-bond donors (Lipinski definition) is 5. The van der Waals surface area contributed by atoms with Gasteiger partial charge in [0.2, 0.25) is 23.8 Å². The molecule has 0 bridgehead atoms. The third kappa shape index (κ3) is 21.8. The van der Waals surface area contributed by atoms with Crippen LogP contribution in [0.25, 0.3) is 21.8 Å². The maximum atomic E-state index is 14.3.